The third kappa shape index (κ3) is 2.76. The van der Waals surface area contributed by atoms with Gasteiger partial charge in [-0.15, -0.1) is 5.10 Å². The molecule has 1 unspecified atom stereocenters. The van der Waals surface area contributed by atoms with E-state index in [9.17, 15) is 4.79 Å². The summed E-state index contributed by atoms with van der Waals surface area (Å²) in [5, 5.41) is 9.36. The lowest BCUT2D eigenvalue weighted by Crippen LogP contribution is -2.30. The molecule has 1 saturated heterocycles. The maximum Gasteiger partial charge on any atom is 0.276 e. The van der Waals surface area contributed by atoms with Crippen LogP contribution in [-0.2, 0) is 0 Å². The van der Waals surface area contributed by atoms with E-state index in [2.05, 4.69) is 15.3 Å². The number of fused-ring (bicyclic) bond motifs is 1. The summed E-state index contributed by atoms with van der Waals surface area (Å²) >= 11 is 0. The van der Waals surface area contributed by atoms with Crippen LogP contribution < -0.4 is 5.73 Å². The van der Waals surface area contributed by atoms with Gasteiger partial charge in [0.15, 0.2) is 5.69 Å². The molecule has 7 heteroatoms. The van der Waals surface area contributed by atoms with E-state index < -0.39 is 0 Å². The average molecular weight is 336 g/mol. The van der Waals surface area contributed by atoms with Gasteiger partial charge in [-0.3, -0.25) is 9.78 Å². The summed E-state index contributed by atoms with van der Waals surface area (Å²) in [4.78, 5) is 18.9. The molecule has 2 N–H and O–H groups in total. The van der Waals surface area contributed by atoms with Crippen molar-refractivity contribution in [2.75, 3.05) is 19.6 Å². The molecule has 0 radical (unpaired) electrons. The van der Waals surface area contributed by atoms with Crippen LogP contribution in [0.2, 0.25) is 0 Å². The van der Waals surface area contributed by atoms with Gasteiger partial charge in [0.05, 0.1) is 16.9 Å². The van der Waals surface area contributed by atoms with Crippen molar-refractivity contribution in [1.29, 1.82) is 0 Å². The smallest absolute Gasteiger partial charge is 0.276 e. The number of carbonyl (C=O) groups is 1. The highest BCUT2D eigenvalue weighted by atomic mass is 16.2. The van der Waals surface area contributed by atoms with E-state index in [0.717, 1.165) is 35.2 Å². The second-order valence-electron chi connectivity index (χ2n) is 6.46. The van der Waals surface area contributed by atoms with Gasteiger partial charge in [-0.05, 0) is 50.1 Å². The zero-order chi connectivity index (χ0) is 17.4. The Labute approximate surface area is 145 Å². The molecule has 1 aliphatic heterocycles. The summed E-state index contributed by atoms with van der Waals surface area (Å²) in [6.45, 7) is 3.91. The van der Waals surface area contributed by atoms with E-state index in [1.54, 1.807) is 10.9 Å². The van der Waals surface area contributed by atoms with Crippen LogP contribution in [0.25, 0.3) is 16.6 Å². The van der Waals surface area contributed by atoms with E-state index in [4.69, 9.17) is 5.73 Å². The number of aromatic nitrogens is 4. The number of nitrogens with two attached hydrogens (primary N) is 1. The first-order valence-electron chi connectivity index (χ1n) is 8.44. The van der Waals surface area contributed by atoms with Crippen molar-refractivity contribution in [3.63, 3.8) is 0 Å². The molecular weight excluding hydrogens is 316 g/mol. The molecule has 2 aromatic heterocycles. The molecular formula is C18H20N6O. The topological polar surface area (TPSA) is 89.9 Å². The quantitative estimate of drug-likeness (QED) is 0.783. The molecule has 3 aromatic rings. The predicted molar refractivity (Wildman–Crippen MR) is 94.5 cm³/mol. The molecule has 1 aromatic carbocycles. The Morgan fingerprint density at radius 2 is 2.24 bits per heavy atom. The van der Waals surface area contributed by atoms with Gasteiger partial charge in [0.25, 0.3) is 5.91 Å². The molecule has 0 saturated carbocycles. The number of carbonyl (C=O) groups excluding carboxylic acids is 1. The molecule has 0 spiro atoms. The molecule has 25 heavy (non-hydrogen) atoms. The van der Waals surface area contributed by atoms with Crippen LogP contribution in [0.5, 0.6) is 0 Å². The monoisotopic (exact) mass is 336 g/mol. The maximum absolute atomic E-state index is 12.7. The van der Waals surface area contributed by atoms with Crippen LogP contribution >= 0.6 is 0 Å². The molecule has 1 amide bonds. The van der Waals surface area contributed by atoms with Gasteiger partial charge in [0.2, 0.25) is 0 Å². The highest BCUT2D eigenvalue weighted by Gasteiger charge is 2.29. The van der Waals surface area contributed by atoms with Crippen LogP contribution in [0.3, 0.4) is 0 Å². The van der Waals surface area contributed by atoms with Gasteiger partial charge in [0.1, 0.15) is 0 Å². The lowest BCUT2D eigenvalue weighted by atomic mass is 10.1. The highest BCUT2D eigenvalue weighted by Crippen LogP contribution is 2.21. The first-order chi connectivity index (χ1) is 12.2. The van der Waals surface area contributed by atoms with Crippen molar-refractivity contribution in [2.45, 2.75) is 13.3 Å². The first kappa shape index (κ1) is 15.7. The summed E-state index contributed by atoms with van der Waals surface area (Å²) < 4.78 is 1.70. The van der Waals surface area contributed by atoms with Crippen molar-refractivity contribution >= 4 is 16.8 Å². The third-order valence-corrected chi connectivity index (χ3v) is 4.83. The number of hydrogen-bond donors (Lipinski definition) is 1. The van der Waals surface area contributed by atoms with Gasteiger partial charge in [-0.2, -0.15) is 0 Å². The minimum atomic E-state index is -0.0674. The summed E-state index contributed by atoms with van der Waals surface area (Å²) in [6.07, 6.45) is 2.72. The van der Waals surface area contributed by atoms with Gasteiger partial charge in [0, 0.05) is 24.7 Å². The average Bonchev–Trinajstić information content (AvgIpc) is 3.27. The minimum absolute atomic E-state index is 0.0674. The Balaban J connectivity index is 1.65. The van der Waals surface area contributed by atoms with E-state index in [-0.39, 0.29) is 5.91 Å². The van der Waals surface area contributed by atoms with Crippen LogP contribution in [0.4, 0.5) is 0 Å². The van der Waals surface area contributed by atoms with Crippen LogP contribution in [0.1, 0.15) is 22.6 Å². The number of hydrogen-bond acceptors (Lipinski definition) is 5. The second-order valence-corrected chi connectivity index (χ2v) is 6.46. The fourth-order valence-corrected chi connectivity index (χ4v) is 3.33. The van der Waals surface area contributed by atoms with Crippen LogP contribution in [-0.4, -0.2) is 50.4 Å². The van der Waals surface area contributed by atoms with Gasteiger partial charge < -0.3 is 10.6 Å². The Morgan fingerprint density at radius 1 is 1.36 bits per heavy atom. The lowest BCUT2D eigenvalue weighted by Gasteiger charge is -2.15. The summed E-state index contributed by atoms with van der Waals surface area (Å²) in [6, 6.07) is 9.78. The third-order valence-electron chi connectivity index (χ3n) is 4.83. The van der Waals surface area contributed by atoms with E-state index >= 15 is 0 Å². The molecule has 1 atom stereocenters. The van der Waals surface area contributed by atoms with Crippen LogP contribution in [0.15, 0.2) is 36.5 Å². The van der Waals surface area contributed by atoms with E-state index in [0.29, 0.717) is 24.7 Å². The largest absolute Gasteiger partial charge is 0.337 e. The number of likely N-dealkylation sites (tertiary alicyclic amines) is 1. The van der Waals surface area contributed by atoms with Crippen LogP contribution in [0, 0.1) is 12.8 Å². The Morgan fingerprint density at radius 3 is 3.04 bits per heavy atom. The Hall–Kier alpha value is -2.80. The number of rotatable bonds is 3. The van der Waals surface area contributed by atoms with Crippen molar-refractivity contribution in [3.8, 4) is 5.69 Å². The molecule has 7 nitrogen and oxygen atoms in total. The molecule has 3 heterocycles. The molecule has 0 aliphatic carbocycles. The number of amides is 1. The summed E-state index contributed by atoms with van der Waals surface area (Å²) in [7, 11) is 0. The van der Waals surface area contributed by atoms with E-state index in [1.165, 1.54) is 0 Å². The van der Waals surface area contributed by atoms with Crippen molar-refractivity contribution < 1.29 is 4.79 Å². The summed E-state index contributed by atoms with van der Waals surface area (Å²) in [5.41, 5.74) is 8.65. The predicted octanol–water partition coefficient (Wildman–Crippen LogP) is 1.54. The zero-order valence-electron chi connectivity index (χ0n) is 14.1. The van der Waals surface area contributed by atoms with Crippen molar-refractivity contribution in [1.82, 2.24) is 24.9 Å². The molecule has 1 aliphatic rings. The molecule has 1 fully saturated rings. The SMILES string of the molecule is Cc1c(C(=O)N2CCC(CN)C2)nnn1-c1ccc2ncccc2c1. The second kappa shape index (κ2) is 6.25. The lowest BCUT2D eigenvalue weighted by molar-refractivity contribution is 0.0781. The van der Waals surface area contributed by atoms with Crippen molar-refractivity contribution in [2.24, 2.45) is 11.7 Å². The van der Waals surface area contributed by atoms with Gasteiger partial charge >= 0.3 is 0 Å². The van der Waals surface area contributed by atoms with Gasteiger partial charge in [-0.25, -0.2) is 4.68 Å². The standard InChI is InChI=1S/C18H20N6O/c1-12-17(18(25)23-8-6-13(10-19)11-23)21-22-24(12)15-4-5-16-14(9-15)3-2-7-20-16/h2-5,7,9,13H,6,8,10-11,19H2,1H3. The molecule has 128 valence electrons. The van der Waals surface area contributed by atoms with E-state index in [1.807, 2.05) is 42.2 Å². The highest BCUT2D eigenvalue weighted by molar-refractivity contribution is 5.93. The fraction of sp³-hybridized carbons (Fsp3) is 0.333. The summed E-state index contributed by atoms with van der Waals surface area (Å²) in [5.74, 6) is 0.314. The number of pyridine rings is 1. The maximum atomic E-state index is 12.7. The molecule has 4 rings (SSSR count). The normalized spacial score (nSPS) is 17.4. The number of benzene rings is 1. The molecule has 0 bridgehead atoms. The minimum Gasteiger partial charge on any atom is -0.337 e. The van der Waals surface area contributed by atoms with Gasteiger partial charge in [-0.1, -0.05) is 11.3 Å². The Kier molecular flexibility index (Phi) is 3.93. The Bertz CT molecular complexity index is 934. The van der Waals surface area contributed by atoms with Crippen molar-refractivity contribution in [3.05, 3.63) is 47.9 Å². The fourth-order valence-electron chi connectivity index (χ4n) is 3.33. The zero-order valence-corrected chi connectivity index (χ0v) is 14.1. The first-order valence-corrected chi connectivity index (χ1v) is 8.44. The number of nitrogens with zero attached hydrogens (tertiary/aromatic N) is 5.